The van der Waals surface area contributed by atoms with Crippen molar-refractivity contribution in [1.82, 2.24) is 15.3 Å². The van der Waals surface area contributed by atoms with Gasteiger partial charge in [-0.15, -0.1) is 12.4 Å². The number of nitrogens with zero attached hydrogens (tertiary/aromatic N) is 3. The minimum atomic E-state index is 0. The van der Waals surface area contributed by atoms with E-state index >= 15 is 0 Å². The Kier molecular flexibility index (Phi) is 3.91. The van der Waals surface area contributed by atoms with E-state index in [1.54, 1.807) is 0 Å². The Bertz CT molecular complexity index is 273. The number of rotatable bonds is 1. The number of aromatic nitrogens is 2. The van der Waals surface area contributed by atoms with E-state index in [0.29, 0.717) is 5.95 Å². The first-order valence-electron chi connectivity index (χ1n) is 4.33. The Morgan fingerprint density at radius 2 is 1.79 bits per heavy atom. The van der Waals surface area contributed by atoms with Gasteiger partial charge in [-0.2, -0.15) is 0 Å². The van der Waals surface area contributed by atoms with Crippen LogP contribution in [0.4, 0.5) is 5.95 Å². The molecule has 14 heavy (non-hydrogen) atoms. The maximum Gasteiger partial charge on any atom is 0.225 e. The van der Waals surface area contributed by atoms with Crippen LogP contribution in [0.1, 0.15) is 0 Å². The molecule has 1 aromatic rings. The summed E-state index contributed by atoms with van der Waals surface area (Å²) < 4.78 is 0. The summed E-state index contributed by atoms with van der Waals surface area (Å²) in [4.78, 5) is 10.2. The van der Waals surface area contributed by atoms with Crippen molar-refractivity contribution < 1.29 is 5.11 Å². The number of halogens is 1. The number of nitrogens with one attached hydrogen (secondary N) is 1. The lowest BCUT2D eigenvalue weighted by atomic mass is 10.4. The second kappa shape index (κ2) is 4.97. The zero-order chi connectivity index (χ0) is 9.10. The fourth-order valence-corrected chi connectivity index (χ4v) is 1.34. The molecule has 0 unspecified atom stereocenters. The number of piperazine rings is 1. The molecule has 1 aliphatic rings. The molecule has 1 aromatic heterocycles. The van der Waals surface area contributed by atoms with E-state index < -0.39 is 0 Å². The summed E-state index contributed by atoms with van der Waals surface area (Å²) in [5.74, 6) is 0.804. The molecule has 2 rings (SSSR count). The van der Waals surface area contributed by atoms with Crippen molar-refractivity contribution in [3.05, 3.63) is 12.4 Å². The monoisotopic (exact) mass is 216 g/mol. The minimum absolute atomic E-state index is 0. The van der Waals surface area contributed by atoms with Crippen molar-refractivity contribution in [3.8, 4) is 5.75 Å². The molecule has 5 nitrogen and oxygen atoms in total. The predicted molar refractivity (Wildman–Crippen MR) is 56.0 cm³/mol. The van der Waals surface area contributed by atoms with Gasteiger partial charge in [-0.1, -0.05) is 0 Å². The number of aromatic hydroxyl groups is 1. The van der Waals surface area contributed by atoms with Crippen LogP contribution in [-0.4, -0.2) is 41.3 Å². The van der Waals surface area contributed by atoms with E-state index in [-0.39, 0.29) is 18.2 Å². The standard InChI is InChI=1S/C8H12N4O.ClH/c13-7-5-10-8(11-6-7)12-3-1-9-2-4-12;/h5-6,9,13H,1-4H2;1H. The highest BCUT2D eigenvalue weighted by Gasteiger charge is 2.11. The third-order valence-corrected chi connectivity index (χ3v) is 2.02. The van der Waals surface area contributed by atoms with Crippen LogP contribution < -0.4 is 10.2 Å². The Morgan fingerprint density at radius 3 is 2.36 bits per heavy atom. The van der Waals surface area contributed by atoms with E-state index in [4.69, 9.17) is 5.11 Å². The summed E-state index contributed by atoms with van der Waals surface area (Å²) in [6.45, 7) is 3.77. The van der Waals surface area contributed by atoms with Gasteiger partial charge in [0, 0.05) is 26.2 Å². The SMILES string of the molecule is Cl.Oc1cnc(N2CCNCC2)nc1. The van der Waals surface area contributed by atoms with Gasteiger partial charge >= 0.3 is 0 Å². The Labute approximate surface area is 88.6 Å². The third kappa shape index (κ3) is 2.46. The van der Waals surface area contributed by atoms with Gasteiger partial charge in [0.2, 0.25) is 5.95 Å². The average Bonchev–Trinajstić information content (AvgIpc) is 2.20. The lowest BCUT2D eigenvalue weighted by Gasteiger charge is -2.26. The van der Waals surface area contributed by atoms with Crippen molar-refractivity contribution >= 4 is 18.4 Å². The smallest absolute Gasteiger partial charge is 0.225 e. The minimum Gasteiger partial charge on any atom is -0.505 e. The van der Waals surface area contributed by atoms with E-state index in [2.05, 4.69) is 20.2 Å². The van der Waals surface area contributed by atoms with Gasteiger partial charge in [-0.05, 0) is 0 Å². The lowest BCUT2D eigenvalue weighted by molar-refractivity contribution is 0.468. The fraction of sp³-hybridized carbons (Fsp3) is 0.500. The number of hydrogen-bond acceptors (Lipinski definition) is 5. The predicted octanol–water partition coefficient (Wildman–Crippen LogP) is 0.0136. The molecule has 2 heterocycles. The van der Waals surface area contributed by atoms with Crippen molar-refractivity contribution in [2.45, 2.75) is 0 Å². The first kappa shape index (κ1) is 11.0. The second-order valence-corrected chi connectivity index (χ2v) is 2.98. The van der Waals surface area contributed by atoms with Crippen molar-refractivity contribution in [2.75, 3.05) is 31.1 Å². The average molecular weight is 217 g/mol. The van der Waals surface area contributed by atoms with Crippen LogP contribution in [0.2, 0.25) is 0 Å². The molecule has 1 saturated heterocycles. The van der Waals surface area contributed by atoms with Gasteiger partial charge < -0.3 is 15.3 Å². The van der Waals surface area contributed by atoms with Crippen molar-refractivity contribution in [3.63, 3.8) is 0 Å². The van der Waals surface area contributed by atoms with E-state index in [1.807, 2.05) is 0 Å². The largest absolute Gasteiger partial charge is 0.505 e. The summed E-state index contributed by atoms with van der Waals surface area (Å²) in [5, 5.41) is 12.2. The van der Waals surface area contributed by atoms with Crippen LogP contribution >= 0.6 is 12.4 Å². The van der Waals surface area contributed by atoms with Gasteiger partial charge in [0.1, 0.15) is 0 Å². The van der Waals surface area contributed by atoms with Crippen LogP contribution in [0.5, 0.6) is 5.75 Å². The lowest BCUT2D eigenvalue weighted by Crippen LogP contribution is -2.44. The molecule has 0 amide bonds. The third-order valence-electron chi connectivity index (χ3n) is 2.02. The van der Waals surface area contributed by atoms with E-state index in [0.717, 1.165) is 26.2 Å². The quantitative estimate of drug-likeness (QED) is 0.693. The highest BCUT2D eigenvalue weighted by Crippen LogP contribution is 2.10. The fourth-order valence-electron chi connectivity index (χ4n) is 1.34. The van der Waals surface area contributed by atoms with Gasteiger partial charge in [0.15, 0.2) is 5.75 Å². The van der Waals surface area contributed by atoms with Crippen LogP contribution in [0.25, 0.3) is 0 Å². The molecule has 1 aliphatic heterocycles. The van der Waals surface area contributed by atoms with Crippen LogP contribution in [0, 0.1) is 0 Å². The Hall–Kier alpha value is -1.07. The van der Waals surface area contributed by atoms with Gasteiger partial charge in [0.25, 0.3) is 0 Å². The highest BCUT2D eigenvalue weighted by molar-refractivity contribution is 5.85. The first-order chi connectivity index (χ1) is 6.36. The molecule has 0 bridgehead atoms. The summed E-state index contributed by atoms with van der Waals surface area (Å²) >= 11 is 0. The van der Waals surface area contributed by atoms with Crippen molar-refractivity contribution in [1.29, 1.82) is 0 Å². The second-order valence-electron chi connectivity index (χ2n) is 2.98. The topological polar surface area (TPSA) is 61.3 Å². The van der Waals surface area contributed by atoms with Gasteiger partial charge in [-0.25, -0.2) is 9.97 Å². The zero-order valence-corrected chi connectivity index (χ0v) is 8.50. The van der Waals surface area contributed by atoms with Gasteiger partial charge in [0.05, 0.1) is 12.4 Å². The molecule has 0 spiro atoms. The normalized spacial score (nSPS) is 16.1. The molecule has 0 atom stereocenters. The van der Waals surface area contributed by atoms with Crippen LogP contribution in [0.15, 0.2) is 12.4 Å². The summed E-state index contributed by atoms with van der Waals surface area (Å²) in [6, 6.07) is 0. The van der Waals surface area contributed by atoms with E-state index in [1.165, 1.54) is 12.4 Å². The number of anilines is 1. The first-order valence-corrected chi connectivity index (χ1v) is 4.33. The summed E-state index contributed by atoms with van der Waals surface area (Å²) in [7, 11) is 0. The number of hydrogen-bond donors (Lipinski definition) is 2. The molecule has 0 radical (unpaired) electrons. The van der Waals surface area contributed by atoms with Crippen molar-refractivity contribution in [2.24, 2.45) is 0 Å². The Morgan fingerprint density at radius 1 is 1.21 bits per heavy atom. The molecular formula is C8H13ClN4O. The summed E-state index contributed by atoms with van der Waals surface area (Å²) in [6.07, 6.45) is 2.84. The molecule has 2 N–H and O–H groups in total. The maximum absolute atomic E-state index is 9.00. The zero-order valence-electron chi connectivity index (χ0n) is 7.68. The molecular weight excluding hydrogens is 204 g/mol. The Balaban J connectivity index is 0.000000980. The molecule has 0 aromatic carbocycles. The summed E-state index contributed by atoms with van der Waals surface area (Å²) in [5.41, 5.74) is 0. The molecule has 78 valence electrons. The van der Waals surface area contributed by atoms with Crippen LogP contribution in [-0.2, 0) is 0 Å². The highest BCUT2D eigenvalue weighted by atomic mass is 35.5. The molecule has 6 heteroatoms. The van der Waals surface area contributed by atoms with E-state index in [9.17, 15) is 0 Å². The maximum atomic E-state index is 9.00. The van der Waals surface area contributed by atoms with Gasteiger partial charge in [-0.3, -0.25) is 0 Å². The van der Waals surface area contributed by atoms with Crippen LogP contribution in [0.3, 0.4) is 0 Å². The molecule has 1 fully saturated rings. The molecule has 0 aliphatic carbocycles. The molecule has 0 saturated carbocycles.